The topological polar surface area (TPSA) is 56.5 Å². The number of thioether (sulfide) groups is 1. The van der Waals surface area contributed by atoms with Crippen LogP contribution in [0, 0.1) is 11.6 Å². The van der Waals surface area contributed by atoms with Gasteiger partial charge in [-0.2, -0.15) is 0 Å². The first-order valence-corrected chi connectivity index (χ1v) is 9.30. The first-order chi connectivity index (χ1) is 13.0. The minimum Gasteiger partial charge on any atom is -0.426 e. The SMILES string of the molecule is CCCc1cc(=O)oc2cc(OC(=O)CSc3ccc(F)c(F)c3)ccc12. The standard InChI is InChI=1S/C20H16F2O4S/c1-2-3-12-8-19(23)26-18-9-13(4-6-15(12)18)25-20(24)11-27-14-5-7-16(21)17(22)10-14/h4-10H,2-3,11H2,1H3. The van der Waals surface area contributed by atoms with E-state index in [0.717, 1.165) is 47.7 Å². The van der Waals surface area contributed by atoms with E-state index in [-0.39, 0.29) is 11.5 Å². The Hall–Kier alpha value is -2.67. The van der Waals surface area contributed by atoms with Crippen molar-refractivity contribution in [3.05, 3.63) is 70.1 Å². The summed E-state index contributed by atoms with van der Waals surface area (Å²) >= 11 is 1.03. The lowest BCUT2D eigenvalue weighted by atomic mass is 10.1. The zero-order valence-corrected chi connectivity index (χ0v) is 15.3. The second kappa shape index (κ2) is 8.35. The van der Waals surface area contributed by atoms with Crippen molar-refractivity contribution in [3.8, 4) is 5.75 Å². The summed E-state index contributed by atoms with van der Waals surface area (Å²) in [5.41, 5.74) is 0.781. The Balaban J connectivity index is 1.71. The fourth-order valence-corrected chi connectivity index (χ4v) is 3.31. The van der Waals surface area contributed by atoms with Gasteiger partial charge >= 0.3 is 11.6 Å². The molecule has 1 aromatic heterocycles. The summed E-state index contributed by atoms with van der Waals surface area (Å²) in [6, 6.07) is 9.74. The molecule has 0 aliphatic heterocycles. The highest BCUT2D eigenvalue weighted by Crippen LogP contribution is 2.25. The van der Waals surface area contributed by atoms with Gasteiger partial charge < -0.3 is 9.15 Å². The lowest BCUT2D eigenvalue weighted by molar-refractivity contribution is -0.131. The third kappa shape index (κ3) is 4.74. The molecule has 0 saturated heterocycles. The van der Waals surface area contributed by atoms with Gasteiger partial charge in [-0.1, -0.05) is 13.3 Å². The van der Waals surface area contributed by atoms with E-state index in [1.807, 2.05) is 6.92 Å². The van der Waals surface area contributed by atoms with Gasteiger partial charge in [0.05, 0.1) is 5.75 Å². The van der Waals surface area contributed by atoms with Crippen LogP contribution in [0.5, 0.6) is 5.75 Å². The summed E-state index contributed by atoms with van der Waals surface area (Å²) in [5.74, 6) is -2.31. The first kappa shape index (κ1) is 19.1. The van der Waals surface area contributed by atoms with Crippen LogP contribution in [0.1, 0.15) is 18.9 Å². The van der Waals surface area contributed by atoms with Gasteiger partial charge in [-0.3, -0.25) is 4.79 Å². The Kier molecular flexibility index (Phi) is 5.91. The number of fused-ring (bicyclic) bond motifs is 1. The second-order valence-corrected chi connectivity index (χ2v) is 6.89. The van der Waals surface area contributed by atoms with Crippen molar-refractivity contribution in [1.82, 2.24) is 0 Å². The van der Waals surface area contributed by atoms with Crippen LogP contribution in [0.15, 0.2) is 56.6 Å². The van der Waals surface area contributed by atoms with E-state index in [1.54, 1.807) is 12.1 Å². The van der Waals surface area contributed by atoms with Crippen LogP contribution in [0.2, 0.25) is 0 Å². The van der Waals surface area contributed by atoms with Crippen LogP contribution in [-0.4, -0.2) is 11.7 Å². The molecule has 0 radical (unpaired) electrons. The van der Waals surface area contributed by atoms with E-state index in [0.29, 0.717) is 10.5 Å². The van der Waals surface area contributed by atoms with Gasteiger partial charge in [0.15, 0.2) is 11.6 Å². The van der Waals surface area contributed by atoms with E-state index in [9.17, 15) is 18.4 Å². The molecule has 1 heterocycles. The summed E-state index contributed by atoms with van der Waals surface area (Å²) in [6.07, 6.45) is 1.63. The minimum atomic E-state index is -0.971. The Bertz CT molecular complexity index is 1050. The van der Waals surface area contributed by atoms with Crippen LogP contribution in [0.25, 0.3) is 11.0 Å². The largest absolute Gasteiger partial charge is 0.426 e. The van der Waals surface area contributed by atoms with E-state index in [1.165, 1.54) is 18.2 Å². The summed E-state index contributed by atoms with van der Waals surface area (Å²) in [6.45, 7) is 2.02. The van der Waals surface area contributed by atoms with Gasteiger partial charge in [-0.25, -0.2) is 13.6 Å². The van der Waals surface area contributed by atoms with E-state index in [2.05, 4.69) is 0 Å². The summed E-state index contributed by atoms with van der Waals surface area (Å²) in [7, 11) is 0. The van der Waals surface area contributed by atoms with Crippen LogP contribution in [-0.2, 0) is 11.2 Å². The molecule has 0 amide bonds. The number of halogens is 2. The monoisotopic (exact) mass is 390 g/mol. The molecule has 3 rings (SSSR count). The third-order valence-electron chi connectivity index (χ3n) is 3.80. The van der Waals surface area contributed by atoms with E-state index < -0.39 is 23.2 Å². The van der Waals surface area contributed by atoms with Crippen molar-refractivity contribution in [2.24, 2.45) is 0 Å². The molecule has 0 bridgehead atoms. The van der Waals surface area contributed by atoms with Gasteiger partial charge in [0.25, 0.3) is 0 Å². The number of rotatable bonds is 6. The highest BCUT2D eigenvalue weighted by atomic mass is 32.2. The molecule has 0 spiro atoms. The highest BCUT2D eigenvalue weighted by Gasteiger charge is 2.11. The Labute approximate surface area is 158 Å². The number of carbonyl (C=O) groups is 1. The molecule has 0 unspecified atom stereocenters. The van der Waals surface area contributed by atoms with Crippen LogP contribution >= 0.6 is 11.8 Å². The Morgan fingerprint density at radius 3 is 2.67 bits per heavy atom. The number of hydrogen-bond acceptors (Lipinski definition) is 5. The van der Waals surface area contributed by atoms with E-state index in [4.69, 9.17) is 9.15 Å². The Morgan fingerprint density at radius 1 is 1.11 bits per heavy atom. The molecule has 0 atom stereocenters. The highest BCUT2D eigenvalue weighted by molar-refractivity contribution is 8.00. The molecule has 2 aromatic carbocycles. The molecule has 0 N–H and O–H groups in total. The van der Waals surface area contributed by atoms with Gasteiger partial charge in [0, 0.05) is 22.4 Å². The predicted molar refractivity (Wildman–Crippen MR) is 99.2 cm³/mol. The van der Waals surface area contributed by atoms with Crippen LogP contribution < -0.4 is 10.4 Å². The van der Waals surface area contributed by atoms with Crippen molar-refractivity contribution in [3.63, 3.8) is 0 Å². The summed E-state index contributed by atoms with van der Waals surface area (Å²) in [4.78, 5) is 24.1. The fourth-order valence-electron chi connectivity index (χ4n) is 2.62. The molecular formula is C20H16F2O4S. The fraction of sp³-hybridized carbons (Fsp3) is 0.200. The number of hydrogen-bond donors (Lipinski definition) is 0. The maximum absolute atomic E-state index is 13.2. The minimum absolute atomic E-state index is 0.0804. The van der Waals surface area contributed by atoms with Gasteiger partial charge in [-0.15, -0.1) is 11.8 Å². The van der Waals surface area contributed by atoms with Gasteiger partial charge in [0.2, 0.25) is 0 Å². The van der Waals surface area contributed by atoms with Crippen molar-refractivity contribution >= 4 is 28.7 Å². The number of esters is 1. The molecule has 4 nitrogen and oxygen atoms in total. The summed E-state index contributed by atoms with van der Waals surface area (Å²) < 4.78 is 36.5. The molecule has 0 saturated carbocycles. The lowest BCUT2D eigenvalue weighted by Crippen LogP contribution is -2.10. The number of aryl methyl sites for hydroxylation is 1. The number of benzene rings is 2. The summed E-state index contributed by atoms with van der Waals surface area (Å²) in [5, 5.41) is 0.799. The van der Waals surface area contributed by atoms with Crippen molar-refractivity contribution in [1.29, 1.82) is 0 Å². The molecule has 7 heteroatoms. The van der Waals surface area contributed by atoms with Crippen molar-refractivity contribution < 1.29 is 22.7 Å². The second-order valence-electron chi connectivity index (χ2n) is 5.84. The maximum Gasteiger partial charge on any atom is 0.336 e. The zero-order valence-electron chi connectivity index (χ0n) is 14.5. The molecule has 27 heavy (non-hydrogen) atoms. The predicted octanol–water partition coefficient (Wildman–Crippen LogP) is 4.72. The van der Waals surface area contributed by atoms with Gasteiger partial charge in [-0.05, 0) is 42.3 Å². The molecule has 3 aromatic rings. The number of carbonyl (C=O) groups excluding carboxylic acids is 1. The van der Waals surface area contributed by atoms with Crippen molar-refractivity contribution in [2.75, 3.05) is 5.75 Å². The third-order valence-corrected chi connectivity index (χ3v) is 4.77. The normalized spacial score (nSPS) is 10.9. The smallest absolute Gasteiger partial charge is 0.336 e. The maximum atomic E-state index is 13.2. The molecule has 0 fully saturated rings. The zero-order chi connectivity index (χ0) is 19.4. The first-order valence-electron chi connectivity index (χ1n) is 8.31. The molecule has 140 valence electrons. The van der Waals surface area contributed by atoms with Gasteiger partial charge in [0.1, 0.15) is 11.3 Å². The quantitative estimate of drug-likeness (QED) is 0.264. The van der Waals surface area contributed by atoms with E-state index >= 15 is 0 Å². The molecule has 0 aliphatic rings. The number of ether oxygens (including phenoxy) is 1. The van der Waals surface area contributed by atoms with Crippen LogP contribution in [0.4, 0.5) is 8.78 Å². The average Bonchev–Trinajstić information content (AvgIpc) is 2.62. The molecular weight excluding hydrogens is 374 g/mol. The Morgan fingerprint density at radius 2 is 1.93 bits per heavy atom. The molecule has 0 aliphatic carbocycles. The van der Waals surface area contributed by atoms with Crippen molar-refractivity contribution in [2.45, 2.75) is 24.7 Å². The van der Waals surface area contributed by atoms with Crippen LogP contribution in [0.3, 0.4) is 0 Å². The average molecular weight is 390 g/mol. The lowest BCUT2D eigenvalue weighted by Gasteiger charge is -2.07.